The molecular formula is C14H25NO3. The molecule has 0 bridgehead atoms. The van der Waals surface area contributed by atoms with Gasteiger partial charge in [0.05, 0.1) is 12.5 Å². The minimum atomic E-state index is -0.105. The van der Waals surface area contributed by atoms with Crippen LogP contribution in [0, 0.1) is 11.8 Å². The van der Waals surface area contributed by atoms with E-state index in [1.165, 1.54) is 0 Å². The second-order valence-corrected chi connectivity index (χ2v) is 5.12. The van der Waals surface area contributed by atoms with Gasteiger partial charge in [0.2, 0.25) is 5.91 Å². The highest BCUT2D eigenvalue weighted by molar-refractivity contribution is 5.77. The maximum atomic E-state index is 12.0. The lowest BCUT2D eigenvalue weighted by Gasteiger charge is -2.31. The molecule has 0 N–H and O–H groups in total. The fourth-order valence-electron chi connectivity index (χ4n) is 2.20. The summed E-state index contributed by atoms with van der Waals surface area (Å²) in [6.07, 6.45) is 3.14. The van der Waals surface area contributed by atoms with Crippen molar-refractivity contribution in [2.45, 2.75) is 46.5 Å². The lowest BCUT2D eigenvalue weighted by molar-refractivity contribution is -0.151. The van der Waals surface area contributed by atoms with Gasteiger partial charge in [-0.15, -0.1) is 0 Å². The molecule has 0 aromatic carbocycles. The van der Waals surface area contributed by atoms with Crippen molar-refractivity contribution >= 4 is 11.9 Å². The normalized spacial score (nSPS) is 18.5. The Labute approximate surface area is 110 Å². The van der Waals surface area contributed by atoms with Gasteiger partial charge in [-0.05, 0) is 25.7 Å². The highest BCUT2D eigenvalue weighted by Crippen LogP contribution is 2.20. The molecule has 1 fully saturated rings. The van der Waals surface area contributed by atoms with Gasteiger partial charge in [-0.3, -0.25) is 9.59 Å². The van der Waals surface area contributed by atoms with Gasteiger partial charge in [0.25, 0.3) is 0 Å². The van der Waals surface area contributed by atoms with Gasteiger partial charge < -0.3 is 9.64 Å². The second-order valence-electron chi connectivity index (χ2n) is 5.12. The van der Waals surface area contributed by atoms with Gasteiger partial charge in [0.1, 0.15) is 0 Å². The number of nitrogens with zero attached hydrogens (tertiary/aromatic N) is 1. The summed E-state index contributed by atoms with van der Waals surface area (Å²) in [6, 6.07) is 0. The maximum absolute atomic E-state index is 12.0. The van der Waals surface area contributed by atoms with Crippen LogP contribution in [-0.2, 0) is 14.3 Å². The van der Waals surface area contributed by atoms with E-state index in [-0.39, 0.29) is 17.8 Å². The van der Waals surface area contributed by atoms with Crippen LogP contribution in [0.15, 0.2) is 0 Å². The monoisotopic (exact) mass is 255 g/mol. The fourth-order valence-corrected chi connectivity index (χ4v) is 2.20. The molecule has 1 aliphatic heterocycles. The van der Waals surface area contributed by atoms with Crippen molar-refractivity contribution < 1.29 is 14.3 Å². The Kier molecular flexibility index (Phi) is 6.16. The molecule has 104 valence electrons. The predicted molar refractivity (Wildman–Crippen MR) is 70.0 cm³/mol. The van der Waals surface area contributed by atoms with Gasteiger partial charge in [0, 0.05) is 19.5 Å². The molecule has 0 aromatic rings. The molecule has 18 heavy (non-hydrogen) atoms. The quantitative estimate of drug-likeness (QED) is 0.708. The zero-order chi connectivity index (χ0) is 13.5. The van der Waals surface area contributed by atoms with E-state index in [9.17, 15) is 9.59 Å². The average molecular weight is 255 g/mol. The number of esters is 1. The van der Waals surface area contributed by atoms with Gasteiger partial charge in [0.15, 0.2) is 0 Å². The standard InChI is InChI=1S/C14H25NO3/c1-4-11(3)10-13(16)15-8-6-12(7-9-15)14(17)18-5-2/h11-12H,4-10H2,1-3H3. The van der Waals surface area contributed by atoms with E-state index in [0.717, 1.165) is 19.3 Å². The summed E-state index contributed by atoms with van der Waals surface area (Å²) < 4.78 is 5.02. The molecule has 0 aliphatic carbocycles. The van der Waals surface area contributed by atoms with E-state index in [1.54, 1.807) is 0 Å². The molecular weight excluding hydrogens is 230 g/mol. The molecule has 4 heteroatoms. The molecule has 1 heterocycles. The maximum Gasteiger partial charge on any atom is 0.309 e. The van der Waals surface area contributed by atoms with Crippen LogP contribution in [0.2, 0.25) is 0 Å². The molecule has 1 atom stereocenters. The minimum Gasteiger partial charge on any atom is -0.466 e. The number of piperidine rings is 1. The summed E-state index contributed by atoms with van der Waals surface area (Å²) in [5.74, 6) is 0.552. The van der Waals surface area contributed by atoms with Crippen molar-refractivity contribution in [1.29, 1.82) is 0 Å². The molecule has 1 aliphatic rings. The summed E-state index contributed by atoms with van der Waals surface area (Å²) in [4.78, 5) is 25.4. The van der Waals surface area contributed by atoms with Crippen molar-refractivity contribution in [2.24, 2.45) is 11.8 Å². The number of hydrogen-bond acceptors (Lipinski definition) is 3. The number of carbonyl (C=O) groups excluding carboxylic acids is 2. The van der Waals surface area contributed by atoms with Gasteiger partial charge >= 0.3 is 5.97 Å². The third kappa shape index (κ3) is 4.31. The molecule has 0 radical (unpaired) electrons. The Morgan fingerprint density at radius 1 is 1.28 bits per heavy atom. The van der Waals surface area contributed by atoms with E-state index in [2.05, 4.69) is 13.8 Å². The molecule has 1 rings (SSSR count). The van der Waals surface area contributed by atoms with E-state index in [4.69, 9.17) is 4.74 Å². The Bertz CT molecular complexity index is 283. The summed E-state index contributed by atoms with van der Waals surface area (Å²) in [7, 11) is 0. The Balaban J connectivity index is 2.34. The van der Waals surface area contributed by atoms with Crippen LogP contribution in [0.5, 0.6) is 0 Å². The summed E-state index contributed by atoms with van der Waals surface area (Å²) in [5.41, 5.74) is 0. The van der Waals surface area contributed by atoms with Crippen molar-refractivity contribution in [1.82, 2.24) is 4.90 Å². The number of likely N-dealkylation sites (tertiary alicyclic amines) is 1. The minimum absolute atomic E-state index is 0.0161. The first-order valence-corrected chi connectivity index (χ1v) is 7.02. The van der Waals surface area contributed by atoms with Crippen LogP contribution in [0.3, 0.4) is 0 Å². The van der Waals surface area contributed by atoms with Crippen molar-refractivity contribution in [2.75, 3.05) is 19.7 Å². The summed E-state index contributed by atoms with van der Waals surface area (Å²) in [6.45, 7) is 7.85. The van der Waals surface area contributed by atoms with Crippen molar-refractivity contribution in [3.63, 3.8) is 0 Å². The van der Waals surface area contributed by atoms with Crippen LogP contribution < -0.4 is 0 Å². The molecule has 4 nitrogen and oxygen atoms in total. The Morgan fingerprint density at radius 2 is 1.89 bits per heavy atom. The predicted octanol–water partition coefficient (Wildman–Crippen LogP) is 2.22. The van der Waals surface area contributed by atoms with Crippen molar-refractivity contribution in [3.05, 3.63) is 0 Å². The molecule has 0 saturated carbocycles. The third-order valence-electron chi connectivity index (χ3n) is 3.69. The number of carbonyl (C=O) groups is 2. The van der Waals surface area contributed by atoms with Gasteiger partial charge in [-0.25, -0.2) is 0 Å². The van der Waals surface area contributed by atoms with Crippen LogP contribution in [0.25, 0.3) is 0 Å². The SMILES string of the molecule is CCOC(=O)C1CCN(C(=O)CC(C)CC)CC1. The molecule has 0 spiro atoms. The Hall–Kier alpha value is -1.06. The molecule has 1 saturated heterocycles. The summed E-state index contributed by atoms with van der Waals surface area (Å²) in [5, 5.41) is 0. The second kappa shape index (κ2) is 7.39. The first kappa shape index (κ1) is 15.0. The van der Waals surface area contributed by atoms with Crippen LogP contribution >= 0.6 is 0 Å². The van der Waals surface area contributed by atoms with E-state index < -0.39 is 0 Å². The number of amides is 1. The molecule has 1 amide bonds. The van der Waals surface area contributed by atoms with Crippen molar-refractivity contribution in [3.8, 4) is 0 Å². The smallest absolute Gasteiger partial charge is 0.309 e. The average Bonchev–Trinajstić information content (AvgIpc) is 2.39. The number of ether oxygens (including phenoxy) is 1. The first-order chi connectivity index (χ1) is 8.58. The Morgan fingerprint density at radius 3 is 2.39 bits per heavy atom. The van der Waals surface area contributed by atoms with Gasteiger partial charge in [-0.2, -0.15) is 0 Å². The zero-order valence-electron chi connectivity index (χ0n) is 11.8. The zero-order valence-corrected chi connectivity index (χ0v) is 11.8. The van der Waals surface area contributed by atoms with E-state index in [1.807, 2.05) is 11.8 Å². The fraction of sp³-hybridized carbons (Fsp3) is 0.857. The van der Waals surface area contributed by atoms with E-state index >= 15 is 0 Å². The highest BCUT2D eigenvalue weighted by Gasteiger charge is 2.28. The highest BCUT2D eigenvalue weighted by atomic mass is 16.5. The first-order valence-electron chi connectivity index (χ1n) is 7.02. The number of rotatable bonds is 5. The number of hydrogen-bond donors (Lipinski definition) is 0. The van der Waals surface area contributed by atoms with E-state index in [0.29, 0.717) is 32.0 Å². The summed E-state index contributed by atoms with van der Waals surface area (Å²) >= 11 is 0. The molecule has 1 unspecified atom stereocenters. The van der Waals surface area contributed by atoms with Crippen LogP contribution in [0.1, 0.15) is 46.5 Å². The topological polar surface area (TPSA) is 46.6 Å². The lowest BCUT2D eigenvalue weighted by Crippen LogP contribution is -2.41. The lowest BCUT2D eigenvalue weighted by atomic mass is 9.96. The third-order valence-corrected chi connectivity index (χ3v) is 3.69. The van der Waals surface area contributed by atoms with Gasteiger partial charge in [-0.1, -0.05) is 20.3 Å². The largest absolute Gasteiger partial charge is 0.466 e. The molecule has 0 aromatic heterocycles. The van der Waals surface area contributed by atoms with Crippen LogP contribution in [0.4, 0.5) is 0 Å². The van der Waals surface area contributed by atoms with Crippen LogP contribution in [-0.4, -0.2) is 36.5 Å².